The van der Waals surface area contributed by atoms with Gasteiger partial charge in [-0.15, -0.1) is 0 Å². The summed E-state index contributed by atoms with van der Waals surface area (Å²) in [4.78, 5) is 4.34. The number of epoxide rings is 1. The normalized spacial score (nSPS) is 42.4. The Morgan fingerprint density at radius 3 is 2.47 bits per heavy atom. The summed E-state index contributed by atoms with van der Waals surface area (Å²) in [6.07, 6.45) is 9.37. The fourth-order valence-electron chi connectivity index (χ4n) is 3.16. The highest BCUT2D eigenvalue weighted by Gasteiger charge is 2.56. The van der Waals surface area contributed by atoms with E-state index in [1.54, 1.807) is 0 Å². The Labute approximate surface area is 122 Å². The molecule has 1 heterocycles. The van der Waals surface area contributed by atoms with E-state index < -0.39 is 0 Å². The molecule has 3 heteroatoms. The van der Waals surface area contributed by atoms with Crippen LogP contribution in [0.5, 0.6) is 0 Å². The highest BCUT2D eigenvalue weighted by atomic mass is 32.1. The van der Waals surface area contributed by atoms with Gasteiger partial charge in [-0.25, -0.2) is 4.99 Å². The molecule has 0 radical (unpaired) electrons. The van der Waals surface area contributed by atoms with E-state index in [2.05, 4.69) is 50.0 Å². The molecule has 2 aliphatic rings. The molecule has 106 valence electrons. The monoisotopic (exact) mass is 279 g/mol. The Kier molecular flexibility index (Phi) is 4.29. The Bertz CT molecular complexity index is 403. The van der Waals surface area contributed by atoms with Crippen molar-refractivity contribution in [2.75, 3.05) is 0 Å². The Hall–Kier alpha value is -0.500. The average molecular weight is 279 g/mol. The van der Waals surface area contributed by atoms with Crippen molar-refractivity contribution in [2.45, 2.75) is 70.6 Å². The molecule has 1 aliphatic heterocycles. The van der Waals surface area contributed by atoms with Crippen LogP contribution in [0.3, 0.4) is 0 Å². The lowest BCUT2D eigenvalue weighted by atomic mass is 9.72. The molecule has 0 aromatic rings. The fraction of sp³-hybridized carbons (Fsp3) is 0.812. The van der Waals surface area contributed by atoms with Crippen LogP contribution in [-0.2, 0) is 4.74 Å². The number of thiocarbonyl (C=S) groups is 1. The summed E-state index contributed by atoms with van der Waals surface area (Å²) in [5.74, 6) is 1.25. The molecule has 2 nitrogen and oxygen atoms in total. The van der Waals surface area contributed by atoms with Gasteiger partial charge in [0.05, 0.1) is 16.3 Å². The molecule has 0 bridgehead atoms. The van der Waals surface area contributed by atoms with Gasteiger partial charge in [0.2, 0.25) is 0 Å². The third-order valence-corrected chi connectivity index (χ3v) is 4.84. The number of hydrogen-bond acceptors (Lipinski definition) is 3. The first-order chi connectivity index (χ1) is 8.89. The molecule has 0 N–H and O–H groups in total. The van der Waals surface area contributed by atoms with Crippen LogP contribution in [-0.4, -0.2) is 22.4 Å². The summed E-state index contributed by atoms with van der Waals surface area (Å²) in [5, 5.41) is 2.55. The van der Waals surface area contributed by atoms with Crippen LogP contribution in [0, 0.1) is 11.8 Å². The third kappa shape index (κ3) is 3.34. The zero-order chi connectivity index (χ0) is 14.1. The van der Waals surface area contributed by atoms with Gasteiger partial charge in [0.25, 0.3) is 0 Å². The molecule has 1 aliphatic carbocycles. The van der Waals surface area contributed by atoms with Gasteiger partial charge in [-0.3, -0.25) is 0 Å². The lowest BCUT2D eigenvalue weighted by Crippen LogP contribution is -2.34. The quantitative estimate of drug-likeness (QED) is 0.329. The number of rotatable bonds is 4. The first kappa shape index (κ1) is 14.9. The highest BCUT2D eigenvalue weighted by Crippen LogP contribution is 2.51. The predicted molar refractivity (Wildman–Crippen MR) is 82.6 cm³/mol. The molecule has 0 aromatic heterocycles. The fourth-order valence-corrected chi connectivity index (χ4v) is 3.38. The molecule has 19 heavy (non-hydrogen) atoms. The second-order valence-corrected chi connectivity index (χ2v) is 7.01. The van der Waals surface area contributed by atoms with Gasteiger partial charge in [0.15, 0.2) is 0 Å². The van der Waals surface area contributed by atoms with Gasteiger partial charge in [0.1, 0.15) is 6.10 Å². The SMILES string of the molecule is CC(C)/C=C/[C@H]1O[C@@]1(C)C1CCC(C)(N=C=S)CC1. The van der Waals surface area contributed by atoms with Gasteiger partial charge in [-0.05, 0) is 63.6 Å². The van der Waals surface area contributed by atoms with E-state index in [0.717, 1.165) is 12.8 Å². The van der Waals surface area contributed by atoms with Crippen molar-refractivity contribution >= 4 is 17.4 Å². The smallest absolute Gasteiger partial charge is 0.105 e. The van der Waals surface area contributed by atoms with Crippen LogP contribution in [0.4, 0.5) is 0 Å². The summed E-state index contributed by atoms with van der Waals surface area (Å²) in [6.45, 7) is 8.85. The number of aliphatic imine (C=N–C) groups is 1. The molecule has 0 amide bonds. The lowest BCUT2D eigenvalue weighted by molar-refractivity contribution is 0.156. The average Bonchev–Trinajstić information content (AvgIpc) is 3.00. The topological polar surface area (TPSA) is 24.9 Å². The van der Waals surface area contributed by atoms with Gasteiger partial charge in [-0.1, -0.05) is 26.0 Å². The minimum Gasteiger partial charge on any atom is -0.362 e. The van der Waals surface area contributed by atoms with E-state index in [9.17, 15) is 0 Å². The molecule has 2 rings (SSSR count). The minimum atomic E-state index is 0.0206. The maximum Gasteiger partial charge on any atom is 0.105 e. The zero-order valence-corrected chi connectivity index (χ0v) is 13.3. The number of isothiocyanates is 1. The second kappa shape index (κ2) is 5.47. The van der Waals surface area contributed by atoms with Crippen LogP contribution < -0.4 is 0 Å². The largest absolute Gasteiger partial charge is 0.362 e. The van der Waals surface area contributed by atoms with E-state index >= 15 is 0 Å². The first-order valence-electron chi connectivity index (χ1n) is 7.35. The highest BCUT2D eigenvalue weighted by molar-refractivity contribution is 7.78. The Morgan fingerprint density at radius 2 is 1.95 bits per heavy atom. The van der Waals surface area contributed by atoms with E-state index in [4.69, 9.17) is 17.0 Å². The van der Waals surface area contributed by atoms with E-state index in [1.165, 1.54) is 12.8 Å². The van der Waals surface area contributed by atoms with Gasteiger partial charge in [0, 0.05) is 0 Å². The predicted octanol–water partition coefficient (Wildman–Crippen LogP) is 4.41. The summed E-state index contributed by atoms with van der Waals surface area (Å²) in [5.41, 5.74) is 0.0842. The van der Waals surface area contributed by atoms with Crippen LogP contribution in [0.1, 0.15) is 53.4 Å². The maximum absolute atomic E-state index is 5.97. The Morgan fingerprint density at radius 1 is 1.32 bits per heavy atom. The zero-order valence-electron chi connectivity index (χ0n) is 12.5. The standard InChI is InChI=1S/C16H25NOS/c1-12(2)5-6-14-16(4,18-14)13-7-9-15(3,10-8-13)17-11-19/h5-6,12-14H,7-10H2,1-4H3/b6-5+/t13?,14-,15?,16+/m1/s1. The number of hydrogen-bond donors (Lipinski definition) is 0. The molecular formula is C16H25NOS. The number of allylic oxidation sites excluding steroid dienone is 1. The first-order valence-corrected chi connectivity index (χ1v) is 7.76. The second-order valence-electron chi connectivity index (χ2n) is 6.83. The maximum atomic E-state index is 5.97. The molecule has 0 aromatic carbocycles. The van der Waals surface area contributed by atoms with Crippen LogP contribution in [0.25, 0.3) is 0 Å². The number of ether oxygens (including phenoxy) is 1. The summed E-state index contributed by atoms with van der Waals surface area (Å²) < 4.78 is 5.97. The van der Waals surface area contributed by atoms with Crippen molar-refractivity contribution in [3.8, 4) is 0 Å². The van der Waals surface area contributed by atoms with Crippen molar-refractivity contribution < 1.29 is 4.74 Å². The van der Waals surface area contributed by atoms with E-state index in [0.29, 0.717) is 17.9 Å². The van der Waals surface area contributed by atoms with Crippen LogP contribution in [0.15, 0.2) is 17.1 Å². The molecular weight excluding hydrogens is 254 g/mol. The third-order valence-electron chi connectivity index (χ3n) is 4.75. The van der Waals surface area contributed by atoms with Crippen molar-refractivity contribution in [1.82, 2.24) is 0 Å². The van der Waals surface area contributed by atoms with Crippen molar-refractivity contribution in [2.24, 2.45) is 16.8 Å². The van der Waals surface area contributed by atoms with Crippen LogP contribution in [0.2, 0.25) is 0 Å². The number of nitrogens with zero attached hydrogens (tertiary/aromatic N) is 1. The molecule has 2 atom stereocenters. The lowest BCUT2D eigenvalue weighted by Gasteiger charge is -2.35. The molecule has 0 spiro atoms. The van der Waals surface area contributed by atoms with Crippen molar-refractivity contribution in [1.29, 1.82) is 0 Å². The molecule has 1 saturated heterocycles. The summed E-state index contributed by atoms with van der Waals surface area (Å²) >= 11 is 4.75. The van der Waals surface area contributed by atoms with Gasteiger partial charge in [-0.2, -0.15) is 0 Å². The molecule has 1 saturated carbocycles. The Balaban J connectivity index is 1.91. The van der Waals surface area contributed by atoms with Crippen molar-refractivity contribution in [3.63, 3.8) is 0 Å². The van der Waals surface area contributed by atoms with Gasteiger partial charge < -0.3 is 4.74 Å². The van der Waals surface area contributed by atoms with Crippen molar-refractivity contribution in [3.05, 3.63) is 12.2 Å². The molecule has 0 unspecified atom stereocenters. The minimum absolute atomic E-state index is 0.0206. The van der Waals surface area contributed by atoms with E-state index in [1.807, 2.05) is 0 Å². The summed E-state index contributed by atoms with van der Waals surface area (Å²) in [7, 11) is 0. The summed E-state index contributed by atoms with van der Waals surface area (Å²) in [6, 6.07) is 0. The van der Waals surface area contributed by atoms with E-state index in [-0.39, 0.29) is 11.1 Å². The van der Waals surface area contributed by atoms with Gasteiger partial charge >= 0.3 is 0 Å². The molecule has 2 fully saturated rings. The van der Waals surface area contributed by atoms with Crippen LogP contribution >= 0.6 is 12.2 Å².